The number of carbonyl (C=O) groups is 2. The predicted octanol–water partition coefficient (Wildman–Crippen LogP) is 2.50. The van der Waals surface area contributed by atoms with E-state index in [-0.39, 0.29) is 17.9 Å². The molecule has 2 aromatic rings. The maximum atomic E-state index is 12.9. The summed E-state index contributed by atoms with van der Waals surface area (Å²) in [6, 6.07) is 15.3. The van der Waals surface area contributed by atoms with Crippen molar-refractivity contribution in [3.63, 3.8) is 0 Å². The monoisotopic (exact) mass is 355 g/mol. The van der Waals surface area contributed by atoms with Gasteiger partial charge < -0.3 is 15.4 Å². The highest BCUT2D eigenvalue weighted by atomic mass is 16.5. The van der Waals surface area contributed by atoms with Crippen LogP contribution in [0.4, 0.5) is 5.69 Å². The van der Waals surface area contributed by atoms with Gasteiger partial charge in [0.25, 0.3) is 5.91 Å². The summed E-state index contributed by atoms with van der Waals surface area (Å²) in [7, 11) is 1.39. The number of nitrogens with two attached hydrogens (primary N) is 1. The Labute approximate surface area is 154 Å². The van der Waals surface area contributed by atoms with E-state index in [4.69, 9.17) is 0 Å². The lowest BCUT2D eigenvalue weighted by molar-refractivity contribution is -0.682. The zero-order chi connectivity index (χ0) is 18.9. The van der Waals surface area contributed by atoms with Crippen molar-refractivity contribution in [3.8, 4) is 0 Å². The molecule has 5 nitrogen and oxygen atoms in total. The van der Waals surface area contributed by atoms with Gasteiger partial charge in [-0.3, -0.25) is 9.59 Å². The van der Waals surface area contributed by atoms with Crippen LogP contribution in [0.2, 0.25) is 0 Å². The zero-order valence-electron chi connectivity index (χ0n) is 15.6. The second-order valence-corrected chi connectivity index (χ2v) is 6.40. The molecular weight excluding hydrogens is 328 g/mol. The average molecular weight is 355 g/mol. The highest BCUT2D eigenvalue weighted by Crippen LogP contribution is 2.18. The van der Waals surface area contributed by atoms with Gasteiger partial charge in [0.05, 0.1) is 20.1 Å². The molecule has 3 N–H and O–H groups in total. The Morgan fingerprint density at radius 3 is 2.54 bits per heavy atom. The maximum Gasteiger partial charge on any atom is 0.305 e. The predicted molar refractivity (Wildman–Crippen MR) is 102 cm³/mol. The van der Waals surface area contributed by atoms with E-state index in [1.807, 2.05) is 67.7 Å². The molecule has 0 radical (unpaired) electrons. The lowest BCUT2D eigenvalue weighted by Gasteiger charge is -2.17. The van der Waals surface area contributed by atoms with Gasteiger partial charge in [-0.15, -0.1) is 0 Å². The van der Waals surface area contributed by atoms with Gasteiger partial charge in [0, 0.05) is 17.7 Å². The van der Waals surface area contributed by atoms with Crippen LogP contribution in [0.3, 0.4) is 0 Å². The van der Waals surface area contributed by atoms with Crippen LogP contribution >= 0.6 is 0 Å². The quantitative estimate of drug-likeness (QED) is 0.564. The van der Waals surface area contributed by atoms with Gasteiger partial charge >= 0.3 is 5.97 Å². The van der Waals surface area contributed by atoms with Gasteiger partial charge in [-0.05, 0) is 31.0 Å². The fourth-order valence-electron chi connectivity index (χ4n) is 2.77. The standard InChI is InChI=1S/C21H26N2O3/c1-15-11-12-16(2)18(14-15)23-21(25)20(17-8-5-4-6-9-17)22-13-7-10-19(24)26-3/h4-6,8-9,11-12,14,20,22H,7,10,13H2,1-3H3,(H,23,25)/p+1/t20-/m0/s1. The molecule has 138 valence electrons. The van der Waals surface area contributed by atoms with Crippen LogP contribution in [0.5, 0.6) is 0 Å². The summed E-state index contributed by atoms with van der Waals surface area (Å²) in [4.78, 5) is 24.2. The Hall–Kier alpha value is -2.66. The second kappa shape index (κ2) is 9.73. The molecule has 2 rings (SSSR count). The largest absolute Gasteiger partial charge is 0.469 e. The number of hydrogen-bond donors (Lipinski definition) is 2. The number of carbonyl (C=O) groups excluding carboxylic acids is 2. The molecule has 0 fully saturated rings. The number of anilines is 1. The molecule has 5 heteroatoms. The molecule has 0 bridgehead atoms. The first-order valence-electron chi connectivity index (χ1n) is 8.84. The summed E-state index contributed by atoms with van der Waals surface area (Å²) in [5, 5.41) is 5.02. The first-order valence-corrected chi connectivity index (χ1v) is 8.84. The van der Waals surface area contributed by atoms with Crippen molar-refractivity contribution in [3.05, 3.63) is 65.2 Å². The highest BCUT2D eigenvalue weighted by Gasteiger charge is 2.24. The van der Waals surface area contributed by atoms with Crippen LogP contribution in [0, 0.1) is 13.8 Å². The number of esters is 1. The molecule has 0 aliphatic carbocycles. The number of amides is 1. The van der Waals surface area contributed by atoms with Crippen molar-refractivity contribution in [1.29, 1.82) is 0 Å². The normalized spacial score (nSPS) is 11.7. The minimum Gasteiger partial charge on any atom is -0.469 e. The number of aryl methyl sites for hydroxylation is 2. The Morgan fingerprint density at radius 2 is 1.85 bits per heavy atom. The molecule has 1 amide bonds. The molecule has 0 aliphatic heterocycles. The van der Waals surface area contributed by atoms with E-state index in [2.05, 4.69) is 10.1 Å². The molecule has 0 aromatic heterocycles. The number of methoxy groups -OCH3 is 1. The molecule has 0 saturated carbocycles. The molecule has 0 unspecified atom stereocenters. The molecule has 0 heterocycles. The van der Waals surface area contributed by atoms with Crippen molar-refractivity contribution in [2.45, 2.75) is 32.7 Å². The van der Waals surface area contributed by atoms with Crippen LogP contribution in [0.1, 0.15) is 35.6 Å². The Morgan fingerprint density at radius 1 is 1.12 bits per heavy atom. The lowest BCUT2D eigenvalue weighted by Crippen LogP contribution is -2.87. The van der Waals surface area contributed by atoms with Crippen LogP contribution in [-0.2, 0) is 14.3 Å². The van der Waals surface area contributed by atoms with Gasteiger partial charge in [0.15, 0.2) is 6.04 Å². The van der Waals surface area contributed by atoms with Gasteiger partial charge in [0.2, 0.25) is 0 Å². The third-order valence-corrected chi connectivity index (χ3v) is 4.31. The van der Waals surface area contributed by atoms with Crippen LogP contribution in [0.25, 0.3) is 0 Å². The van der Waals surface area contributed by atoms with Crippen LogP contribution in [0.15, 0.2) is 48.5 Å². The zero-order valence-corrected chi connectivity index (χ0v) is 15.6. The minimum atomic E-state index is -0.367. The van der Waals surface area contributed by atoms with E-state index >= 15 is 0 Å². The van der Waals surface area contributed by atoms with Crippen molar-refractivity contribution in [2.24, 2.45) is 0 Å². The first kappa shape index (κ1) is 19.7. The summed E-state index contributed by atoms with van der Waals surface area (Å²) < 4.78 is 4.66. The first-order chi connectivity index (χ1) is 12.5. The highest BCUT2D eigenvalue weighted by molar-refractivity contribution is 5.95. The summed E-state index contributed by atoms with van der Waals surface area (Å²) >= 11 is 0. The molecule has 0 saturated heterocycles. The van der Waals surface area contributed by atoms with E-state index < -0.39 is 0 Å². The van der Waals surface area contributed by atoms with E-state index in [9.17, 15) is 9.59 Å². The van der Waals surface area contributed by atoms with Gasteiger partial charge in [0.1, 0.15) is 0 Å². The maximum absolute atomic E-state index is 12.9. The van der Waals surface area contributed by atoms with Crippen molar-refractivity contribution < 1.29 is 19.6 Å². The fraction of sp³-hybridized carbons (Fsp3) is 0.333. The number of nitrogens with one attached hydrogen (secondary N) is 1. The van der Waals surface area contributed by atoms with Gasteiger partial charge in [-0.25, -0.2) is 0 Å². The van der Waals surface area contributed by atoms with Gasteiger partial charge in [-0.1, -0.05) is 42.5 Å². The Bertz CT molecular complexity index is 744. The molecular formula is C21H27N2O3+. The van der Waals surface area contributed by atoms with Crippen molar-refractivity contribution in [2.75, 3.05) is 19.0 Å². The number of ether oxygens (including phenoxy) is 1. The van der Waals surface area contributed by atoms with Gasteiger partial charge in [-0.2, -0.15) is 0 Å². The lowest BCUT2D eigenvalue weighted by atomic mass is 10.0. The van der Waals surface area contributed by atoms with E-state index in [0.717, 1.165) is 22.4 Å². The number of hydrogen-bond acceptors (Lipinski definition) is 3. The average Bonchev–Trinajstić information content (AvgIpc) is 2.65. The number of rotatable bonds is 8. The molecule has 26 heavy (non-hydrogen) atoms. The molecule has 2 aromatic carbocycles. The summed E-state index contributed by atoms with van der Waals surface area (Å²) in [5.41, 5.74) is 3.90. The topological polar surface area (TPSA) is 72.0 Å². The Kier molecular flexibility index (Phi) is 7.36. The Balaban J connectivity index is 2.08. The molecule has 1 atom stereocenters. The molecule has 0 spiro atoms. The van der Waals surface area contributed by atoms with E-state index in [1.165, 1.54) is 7.11 Å². The van der Waals surface area contributed by atoms with E-state index in [0.29, 0.717) is 19.4 Å². The van der Waals surface area contributed by atoms with Crippen molar-refractivity contribution in [1.82, 2.24) is 0 Å². The third kappa shape index (κ3) is 5.70. The van der Waals surface area contributed by atoms with Crippen LogP contribution < -0.4 is 10.6 Å². The third-order valence-electron chi connectivity index (χ3n) is 4.31. The number of quaternary nitrogens is 1. The minimum absolute atomic E-state index is 0.0667. The van der Waals surface area contributed by atoms with Crippen molar-refractivity contribution >= 4 is 17.6 Å². The smallest absolute Gasteiger partial charge is 0.305 e. The summed E-state index contributed by atoms with van der Waals surface area (Å²) in [6.07, 6.45) is 1.01. The van der Waals surface area contributed by atoms with Crippen LogP contribution in [-0.4, -0.2) is 25.5 Å². The SMILES string of the molecule is COC(=O)CCC[NH2+][C@H](C(=O)Nc1cc(C)ccc1C)c1ccccc1. The van der Waals surface area contributed by atoms with E-state index in [1.54, 1.807) is 0 Å². The summed E-state index contributed by atoms with van der Waals surface area (Å²) in [5.74, 6) is -0.294. The second-order valence-electron chi connectivity index (χ2n) is 6.40. The fourth-order valence-corrected chi connectivity index (χ4v) is 2.77. The molecule has 0 aliphatic rings. The number of benzene rings is 2. The summed E-state index contributed by atoms with van der Waals surface area (Å²) in [6.45, 7) is 4.64.